The summed E-state index contributed by atoms with van der Waals surface area (Å²) in [6.07, 6.45) is -4.84. The van der Waals surface area contributed by atoms with Gasteiger partial charge in [-0.3, -0.25) is 0 Å². The topological polar surface area (TPSA) is 73.9 Å². The van der Waals surface area contributed by atoms with Crippen molar-refractivity contribution in [1.82, 2.24) is 4.72 Å². The first-order valence-corrected chi connectivity index (χ1v) is 8.69. The molecule has 2 rings (SSSR count). The third-order valence-corrected chi connectivity index (χ3v) is 4.66. The molecule has 0 radical (unpaired) electrons. The van der Waals surface area contributed by atoms with Crippen LogP contribution >= 0.6 is 0 Å². The lowest BCUT2D eigenvalue weighted by Crippen LogP contribution is -2.23. The Balaban J connectivity index is 2.11. The van der Waals surface area contributed by atoms with Crippen LogP contribution in [0, 0.1) is 0 Å². The lowest BCUT2D eigenvalue weighted by molar-refractivity contribution is -0.274. The summed E-state index contributed by atoms with van der Waals surface area (Å²) in [7, 11) is -0.995. The van der Waals surface area contributed by atoms with Gasteiger partial charge >= 0.3 is 6.36 Å². The molecule has 0 aliphatic carbocycles. The second kappa shape index (κ2) is 7.83. The molecular weight excluding hydrogens is 375 g/mol. The van der Waals surface area contributed by atoms with E-state index in [0.29, 0.717) is 17.1 Å². The number of alkyl halides is 3. The van der Waals surface area contributed by atoms with Gasteiger partial charge in [0.1, 0.15) is 17.2 Å². The summed E-state index contributed by atoms with van der Waals surface area (Å²) in [6.45, 7) is -0.0588. The Hall–Kier alpha value is -2.46. The fraction of sp³-hybridized carbons (Fsp3) is 0.250. The van der Waals surface area contributed by atoms with Crippen LogP contribution in [0.5, 0.6) is 17.2 Å². The third kappa shape index (κ3) is 5.53. The molecule has 6 nitrogen and oxygen atoms in total. The lowest BCUT2D eigenvalue weighted by Gasteiger charge is -2.11. The molecule has 0 saturated heterocycles. The molecule has 26 heavy (non-hydrogen) atoms. The molecule has 0 spiro atoms. The number of ether oxygens (including phenoxy) is 3. The normalized spacial score (nSPS) is 11.9. The zero-order chi connectivity index (χ0) is 19.4. The van der Waals surface area contributed by atoms with Crippen LogP contribution in [0.15, 0.2) is 47.4 Å². The number of halogens is 3. The van der Waals surface area contributed by atoms with E-state index in [1.165, 1.54) is 14.2 Å². The molecule has 0 heterocycles. The van der Waals surface area contributed by atoms with Gasteiger partial charge in [0.2, 0.25) is 10.0 Å². The summed E-state index contributed by atoms with van der Waals surface area (Å²) in [6, 6.07) is 8.80. The Bertz CT molecular complexity index is 829. The molecule has 0 bridgehead atoms. The van der Waals surface area contributed by atoms with Gasteiger partial charge in [-0.05, 0) is 42.0 Å². The molecule has 2 aromatic rings. The first-order chi connectivity index (χ1) is 12.1. The summed E-state index contributed by atoms with van der Waals surface area (Å²) >= 11 is 0. The second-order valence-electron chi connectivity index (χ2n) is 5.06. The summed E-state index contributed by atoms with van der Waals surface area (Å²) in [5.74, 6) is 0.480. The fourth-order valence-corrected chi connectivity index (χ4v) is 3.07. The van der Waals surface area contributed by atoms with Crippen molar-refractivity contribution in [2.75, 3.05) is 14.2 Å². The number of benzene rings is 2. The van der Waals surface area contributed by atoms with Crippen molar-refractivity contribution in [3.8, 4) is 17.2 Å². The second-order valence-corrected chi connectivity index (χ2v) is 6.83. The van der Waals surface area contributed by atoms with Crippen molar-refractivity contribution in [2.24, 2.45) is 0 Å². The number of nitrogens with one attached hydrogen (secondary N) is 1. The summed E-state index contributed by atoms with van der Waals surface area (Å²) in [5.41, 5.74) is 0.585. The minimum atomic E-state index is -4.84. The predicted octanol–water partition coefficient (Wildman–Crippen LogP) is 3.08. The quantitative estimate of drug-likeness (QED) is 0.785. The van der Waals surface area contributed by atoms with Crippen LogP contribution in [0.1, 0.15) is 5.56 Å². The van der Waals surface area contributed by atoms with E-state index >= 15 is 0 Å². The highest BCUT2D eigenvalue weighted by Gasteiger charge is 2.31. The SMILES string of the molecule is COc1cc(CNS(=O)(=O)c2ccc(OC(F)(F)F)cc2)cc(OC)c1. The predicted molar refractivity (Wildman–Crippen MR) is 86.7 cm³/mol. The first kappa shape index (κ1) is 19.9. The highest BCUT2D eigenvalue weighted by atomic mass is 32.2. The molecule has 142 valence electrons. The molecule has 0 fully saturated rings. The van der Waals surface area contributed by atoms with Gasteiger partial charge in [-0.2, -0.15) is 0 Å². The minimum Gasteiger partial charge on any atom is -0.497 e. The zero-order valence-corrected chi connectivity index (χ0v) is 14.6. The van der Waals surface area contributed by atoms with Crippen LogP contribution in [0.25, 0.3) is 0 Å². The van der Waals surface area contributed by atoms with Crippen LogP contribution in [0.2, 0.25) is 0 Å². The summed E-state index contributed by atoms with van der Waals surface area (Å²) in [5, 5.41) is 0. The van der Waals surface area contributed by atoms with Crippen LogP contribution in [-0.2, 0) is 16.6 Å². The smallest absolute Gasteiger partial charge is 0.497 e. The van der Waals surface area contributed by atoms with Crippen LogP contribution < -0.4 is 18.9 Å². The average molecular weight is 391 g/mol. The van der Waals surface area contributed by atoms with Gasteiger partial charge in [-0.1, -0.05) is 0 Å². The van der Waals surface area contributed by atoms with Gasteiger partial charge in [-0.25, -0.2) is 13.1 Å². The van der Waals surface area contributed by atoms with Crippen LogP contribution in [0.3, 0.4) is 0 Å². The maximum absolute atomic E-state index is 12.3. The zero-order valence-electron chi connectivity index (χ0n) is 13.8. The standard InChI is InChI=1S/C16H16F3NO5S/c1-23-13-7-11(8-14(9-13)24-2)10-20-26(21,22)15-5-3-12(4-6-15)25-16(17,18)19/h3-9,20H,10H2,1-2H3. The number of hydrogen-bond donors (Lipinski definition) is 1. The Morgan fingerprint density at radius 1 is 0.923 bits per heavy atom. The van der Waals surface area contributed by atoms with E-state index in [0.717, 1.165) is 24.3 Å². The maximum Gasteiger partial charge on any atom is 0.573 e. The van der Waals surface area contributed by atoms with Crippen LogP contribution in [0.4, 0.5) is 13.2 Å². The average Bonchev–Trinajstić information content (AvgIpc) is 2.58. The molecule has 0 atom stereocenters. The molecule has 0 aliphatic rings. The Labute approximate surface area is 148 Å². The lowest BCUT2D eigenvalue weighted by atomic mass is 10.2. The first-order valence-electron chi connectivity index (χ1n) is 7.20. The fourth-order valence-electron chi connectivity index (χ4n) is 2.05. The number of sulfonamides is 1. The van der Waals surface area contributed by atoms with E-state index in [9.17, 15) is 21.6 Å². The van der Waals surface area contributed by atoms with Crippen LogP contribution in [-0.4, -0.2) is 29.0 Å². The number of hydrogen-bond acceptors (Lipinski definition) is 5. The largest absolute Gasteiger partial charge is 0.573 e. The molecule has 0 aliphatic heterocycles. The maximum atomic E-state index is 12.3. The molecule has 0 amide bonds. The van der Waals surface area contributed by atoms with E-state index in [1.807, 2.05) is 0 Å². The van der Waals surface area contributed by atoms with Crippen molar-refractivity contribution in [3.05, 3.63) is 48.0 Å². The molecule has 2 aromatic carbocycles. The van der Waals surface area contributed by atoms with Gasteiger partial charge < -0.3 is 14.2 Å². The van der Waals surface area contributed by atoms with Crippen molar-refractivity contribution in [2.45, 2.75) is 17.8 Å². The van der Waals surface area contributed by atoms with E-state index < -0.39 is 22.1 Å². The minimum absolute atomic E-state index is 0.0588. The number of methoxy groups -OCH3 is 2. The Morgan fingerprint density at radius 2 is 1.46 bits per heavy atom. The summed E-state index contributed by atoms with van der Waals surface area (Å²) in [4.78, 5) is -0.193. The molecular formula is C16H16F3NO5S. The van der Waals surface area contributed by atoms with Gasteiger partial charge in [-0.15, -0.1) is 13.2 Å². The molecule has 0 unspecified atom stereocenters. The molecule has 1 N–H and O–H groups in total. The highest BCUT2D eigenvalue weighted by Crippen LogP contribution is 2.25. The van der Waals surface area contributed by atoms with E-state index in [2.05, 4.69) is 9.46 Å². The van der Waals surface area contributed by atoms with Crippen molar-refractivity contribution < 1.29 is 35.8 Å². The monoisotopic (exact) mass is 391 g/mol. The van der Waals surface area contributed by atoms with Gasteiger partial charge in [0.15, 0.2) is 0 Å². The van der Waals surface area contributed by atoms with E-state index in [1.54, 1.807) is 18.2 Å². The Kier molecular flexibility index (Phi) is 5.98. The van der Waals surface area contributed by atoms with Crippen molar-refractivity contribution >= 4 is 10.0 Å². The van der Waals surface area contributed by atoms with Gasteiger partial charge in [0.05, 0.1) is 19.1 Å². The third-order valence-electron chi connectivity index (χ3n) is 3.25. The van der Waals surface area contributed by atoms with E-state index in [-0.39, 0.29) is 11.4 Å². The van der Waals surface area contributed by atoms with E-state index in [4.69, 9.17) is 9.47 Å². The van der Waals surface area contributed by atoms with Crippen molar-refractivity contribution in [1.29, 1.82) is 0 Å². The van der Waals surface area contributed by atoms with Gasteiger partial charge in [0, 0.05) is 12.6 Å². The van der Waals surface area contributed by atoms with Gasteiger partial charge in [0.25, 0.3) is 0 Å². The summed E-state index contributed by atoms with van der Waals surface area (Å²) < 4.78 is 77.2. The van der Waals surface area contributed by atoms with Crippen molar-refractivity contribution in [3.63, 3.8) is 0 Å². The molecule has 10 heteroatoms. The molecule has 0 saturated carbocycles. The number of rotatable bonds is 7. The molecule has 0 aromatic heterocycles. The Morgan fingerprint density at radius 3 is 1.92 bits per heavy atom. The highest BCUT2D eigenvalue weighted by molar-refractivity contribution is 7.89.